The summed E-state index contributed by atoms with van der Waals surface area (Å²) in [6, 6.07) is -0.492. The lowest BCUT2D eigenvalue weighted by molar-refractivity contribution is -0.146. The molecule has 0 aromatic heterocycles. The van der Waals surface area contributed by atoms with Crippen molar-refractivity contribution in [3.8, 4) is 0 Å². The minimum absolute atomic E-state index is 0.202. The molecule has 3 N–H and O–H groups in total. The van der Waals surface area contributed by atoms with Gasteiger partial charge in [0.15, 0.2) is 0 Å². The van der Waals surface area contributed by atoms with Crippen LogP contribution in [-0.2, 0) is 9.53 Å². The molecule has 12 heavy (non-hydrogen) atoms. The van der Waals surface area contributed by atoms with Crippen molar-refractivity contribution < 1.29 is 19.7 Å². The summed E-state index contributed by atoms with van der Waals surface area (Å²) in [7, 11) is 1.29. The van der Waals surface area contributed by atoms with Gasteiger partial charge in [-0.05, 0) is 0 Å². The van der Waals surface area contributed by atoms with Gasteiger partial charge in [0.1, 0.15) is 6.04 Å². The summed E-state index contributed by atoms with van der Waals surface area (Å²) < 4.78 is 4.48. The van der Waals surface area contributed by atoms with Crippen molar-refractivity contribution in [3.63, 3.8) is 0 Å². The van der Waals surface area contributed by atoms with E-state index in [0.29, 0.717) is 0 Å². The van der Waals surface area contributed by atoms with Crippen LogP contribution in [0.1, 0.15) is 6.42 Å². The molecule has 0 unspecified atom stereocenters. The molecule has 1 heterocycles. The van der Waals surface area contributed by atoms with Crippen LogP contribution in [0, 0.1) is 0 Å². The molecule has 0 saturated carbocycles. The lowest BCUT2D eigenvalue weighted by atomic mass is 10.00. The Morgan fingerprint density at radius 3 is 2.67 bits per heavy atom. The summed E-state index contributed by atoms with van der Waals surface area (Å²) in [4.78, 5) is 10.9. The minimum Gasteiger partial charge on any atom is -0.468 e. The summed E-state index contributed by atoms with van der Waals surface area (Å²) in [5.41, 5.74) is 0. The van der Waals surface area contributed by atoms with E-state index in [1.54, 1.807) is 0 Å². The van der Waals surface area contributed by atoms with Gasteiger partial charge in [0.25, 0.3) is 0 Å². The van der Waals surface area contributed by atoms with Crippen LogP contribution in [0.3, 0.4) is 0 Å². The van der Waals surface area contributed by atoms with Gasteiger partial charge in [-0.1, -0.05) is 0 Å². The summed E-state index contributed by atoms with van der Waals surface area (Å²) >= 11 is 0. The monoisotopic (exact) mass is 175 g/mol. The Morgan fingerprint density at radius 1 is 1.50 bits per heavy atom. The fourth-order valence-electron chi connectivity index (χ4n) is 1.20. The van der Waals surface area contributed by atoms with Crippen LogP contribution >= 0.6 is 0 Å². The number of ether oxygens (including phenoxy) is 1. The van der Waals surface area contributed by atoms with E-state index in [1.807, 2.05) is 0 Å². The van der Waals surface area contributed by atoms with E-state index in [-0.39, 0.29) is 13.0 Å². The zero-order chi connectivity index (χ0) is 9.14. The molecule has 0 aliphatic carbocycles. The quantitative estimate of drug-likeness (QED) is 0.412. The molecular weight excluding hydrogens is 162 g/mol. The predicted octanol–water partition coefficient (Wildman–Crippen LogP) is -1.76. The van der Waals surface area contributed by atoms with Crippen molar-refractivity contribution in [2.75, 3.05) is 13.7 Å². The van der Waals surface area contributed by atoms with E-state index >= 15 is 0 Å². The highest BCUT2D eigenvalue weighted by atomic mass is 16.5. The number of carbonyl (C=O) groups excluding carboxylic acids is 1. The number of rotatable bonds is 1. The van der Waals surface area contributed by atoms with Crippen LogP contribution in [0.2, 0.25) is 0 Å². The molecule has 0 aromatic rings. The lowest BCUT2D eigenvalue weighted by Gasteiger charge is -2.29. The van der Waals surface area contributed by atoms with Gasteiger partial charge in [-0.2, -0.15) is 0 Å². The van der Waals surface area contributed by atoms with Crippen LogP contribution in [0.5, 0.6) is 0 Å². The standard InChI is InChI=1S/C7H13NO4/c1-12-7(11)4-2-5(9)6(10)3-8-4/h4-6,8-10H,2-3H2,1H3/t4-,5+,6-/m1/s1. The second-order valence-corrected chi connectivity index (χ2v) is 2.85. The topological polar surface area (TPSA) is 78.8 Å². The molecule has 0 aromatic carbocycles. The van der Waals surface area contributed by atoms with Gasteiger partial charge < -0.3 is 20.3 Å². The summed E-state index contributed by atoms with van der Waals surface area (Å²) in [5, 5.41) is 21.0. The Labute approximate surface area is 70.3 Å². The number of β-amino-alcohol motifs (C(OH)–C–C–N with tert-alkyl or cyclic N) is 1. The van der Waals surface area contributed by atoms with Crippen LogP contribution in [0.25, 0.3) is 0 Å². The SMILES string of the molecule is COC(=O)[C@H]1C[C@H](O)[C@H](O)CN1. The van der Waals surface area contributed by atoms with Crippen molar-refractivity contribution in [2.24, 2.45) is 0 Å². The number of carbonyl (C=O) groups is 1. The second kappa shape index (κ2) is 3.84. The summed E-state index contributed by atoms with van der Waals surface area (Å²) in [6.45, 7) is 0.223. The average molecular weight is 175 g/mol. The highest BCUT2D eigenvalue weighted by Crippen LogP contribution is 2.09. The molecule has 0 spiro atoms. The van der Waals surface area contributed by atoms with E-state index < -0.39 is 24.2 Å². The molecule has 5 nitrogen and oxygen atoms in total. The van der Waals surface area contributed by atoms with Crippen molar-refractivity contribution in [1.29, 1.82) is 0 Å². The Morgan fingerprint density at radius 2 is 2.17 bits per heavy atom. The van der Waals surface area contributed by atoms with Crippen molar-refractivity contribution in [2.45, 2.75) is 24.7 Å². The Balaban J connectivity index is 2.45. The molecule has 1 aliphatic rings. The number of aliphatic hydroxyl groups is 2. The maximum Gasteiger partial charge on any atom is 0.322 e. The number of piperidine rings is 1. The van der Waals surface area contributed by atoms with E-state index in [2.05, 4.69) is 10.1 Å². The van der Waals surface area contributed by atoms with Crippen LogP contribution in [0.4, 0.5) is 0 Å². The molecule has 1 aliphatic heterocycles. The highest BCUT2D eigenvalue weighted by Gasteiger charge is 2.31. The van der Waals surface area contributed by atoms with Gasteiger partial charge in [0, 0.05) is 13.0 Å². The maximum absolute atomic E-state index is 10.9. The molecule has 3 atom stereocenters. The zero-order valence-corrected chi connectivity index (χ0v) is 6.86. The number of aliphatic hydroxyl groups excluding tert-OH is 2. The van der Waals surface area contributed by atoms with E-state index in [1.165, 1.54) is 7.11 Å². The molecule has 0 amide bonds. The second-order valence-electron chi connectivity index (χ2n) is 2.85. The van der Waals surface area contributed by atoms with E-state index in [9.17, 15) is 9.90 Å². The van der Waals surface area contributed by atoms with Gasteiger partial charge in [0.2, 0.25) is 0 Å². The third kappa shape index (κ3) is 1.94. The maximum atomic E-state index is 10.9. The van der Waals surface area contributed by atoms with E-state index in [4.69, 9.17) is 5.11 Å². The van der Waals surface area contributed by atoms with Crippen molar-refractivity contribution in [3.05, 3.63) is 0 Å². The molecule has 0 radical (unpaired) electrons. The molecule has 5 heteroatoms. The first kappa shape index (κ1) is 9.44. The van der Waals surface area contributed by atoms with Crippen LogP contribution in [-0.4, -0.2) is 48.1 Å². The van der Waals surface area contributed by atoms with Crippen LogP contribution in [0.15, 0.2) is 0 Å². The molecule has 0 bridgehead atoms. The first-order valence-corrected chi connectivity index (χ1v) is 3.82. The van der Waals surface area contributed by atoms with Gasteiger partial charge >= 0.3 is 5.97 Å². The smallest absolute Gasteiger partial charge is 0.322 e. The van der Waals surface area contributed by atoms with Crippen LogP contribution < -0.4 is 5.32 Å². The number of methoxy groups -OCH3 is 1. The van der Waals surface area contributed by atoms with Gasteiger partial charge in [-0.3, -0.25) is 4.79 Å². The van der Waals surface area contributed by atoms with Gasteiger partial charge in [-0.15, -0.1) is 0 Å². The predicted molar refractivity (Wildman–Crippen MR) is 40.4 cm³/mol. The van der Waals surface area contributed by atoms with E-state index in [0.717, 1.165) is 0 Å². The van der Waals surface area contributed by atoms with Crippen molar-refractivity contribution >= 4 is 5.97 Å². The van der Waals surface area contributed by atoms with Crippen molar-refractivity contribution in [1.82, 2.24) is 5.32 Å². The Hall–Kier alpha value is -0.650. The molecule has 1 saturated heterocycles. The summed E-state index contributed by atoms with van der Waals surface area (Å²) in [5.74, 6) is -0.402. The fourth-order valence-corrected chi connectivity index (χ4v) is 1.20. The first-order valence-electron chi connectivity index (χ1n) is 3.82. The fraction of sp³-hybridized carbons (Fsp3) is 0.857. The highest BCUT2D eigenvalue weighted by molar-refractivity contribution is 5.75. The van der Waals surface area contributed by atoms with Gasteiger partial charge in [0.05, 0.1) is 19.3 Å². The average Bonchev–Trinajstić information content (AvgIpc) is 2.08. The Bertz CT molecular complexity index is 173. The molecule has 1 fully saturated rings. The third-order valence-electron chi connectivity index (χ3n) is 1.98. The lowest BCUT2D eigenvalue weighted by Crippen LogP contribution is -2.53. The van der Waals surface area contributed by atoms with Gasteiger partial charge in [-0.25, -0.2) is 0 Å². The molecule has 70 valence electrons. The molecule has 1 rings (SSSR count). The normalized spacial score (nSPS) is 36.1. The number of nitrogens with one attached hydrogen (secondary N) is 1. The zero-order valence-electron chi connectivity index (χ0n) is 6.86. The summed E-state index contributed by atoms with van der Waals surface area (Å²) in [6.07, 6.45) is -1.42. The largest absolute Gasteiger partial charge is 0.468 e. The number of esters is 1. The Kier molecular flexibility index (Phi) is 3.02. The third-order valence-corrected chi connectivity index (χ3v) is 1.98. The number of hydrogen-bond donors (Lipinski definition) is 3. The molecular formula is C7H13NO4. The minimum atomic E-state index is -0.838. The first-order chi connectivity index (χ1) is 5.65. The number of hydrogen-bond acceptors (Lipinski definition) is 5.